The fraction of sp³-hybridized carbons (Fsp3) is 0.688. The lowest BCUT2D eigenvalue weighted by atomic mass is 9.51. The maximum atomic E-state index is 6.27. The number of imidazole rings is 1. The van der Waals surface area contributed by atoms with Crippen LogP contribution in [0.15, 0.2) is 6.33 Å². The first kappa shape index (κ1) is 11.4. The minimum absolute atomic E-state index is 0.534. The quantitative estimate of drug-likeness (QED) is 0.826. The molecule has 0 radical (unpaired) electrons. The minimum atomic E-state index is 0.534. The highest BCUT2D eigenvalue weighted by molar-refractivity contribution is 5.40. The first-order chi connectivity index (χ1) is 9.26. The third-order valence-electron chi connectivity index (χ3n) is 5.71. The van der Waals surface area contributed by atoms with Crippen LogP contribution in [-0.4, -0.2) is 9.55 Å². The summed E-state index contributed by atoms with van der Waals surface area (Å²) >= 11 is 0. The van der Waals surface area contributed by atoms with E-state index in [0.29, 0.717) is 12.5 Å². The Morgan fingerprint density at radius 2 is 1.84 bits per heavy atom. The van der Waals surface area contributed by atoms with Crippen molar-refractivity contribution in [3.05, 3.63) is 12.0 Å². The highest BCUT2D eigenvalue weighted by Crippen LogP contribution is 2.60. The number of aromatic nitrogens is 2. The van der Waals surface area contributed by atoms with Crippen molar-refractivity contribution in [1.29, 1.82) is 0 Å². The monoisotopic (exact) mass is 255 g/mol. The number of anilines is 1. The Morgan fingerprint density at radius 3 is 2.42 bits per heavy atom. The Labute approximate surface area is 114 Å². The molecule has 4 fully saturated rings. The smallest absolute Gasteiger partial charge is 0.127 e. The summed E-state index contributed by atoms with van der Waals surface area (Å²) in [5, 5.41) is 0. The summed E-state index contributed by atoms with van der Waals surface area (Å²) in [7, 11) is 0. The molecule has 19 heavy (non-hydrogen) atoms. The zero-order valence-electron chi connectivity index (χ0n) is 11.3. The molecule has 4 aliphatic rings. The summed E-state index contributed by atoms with van der Waals surface area (Å²) in [6.45, 7) is 0.534. The van der Waals surface area contributed by atoms with Crippen molar-refractivity contribution in [2.45, 2.75) is 44.6 Å². The minimum Gasteiger partial charge on any atom is -0.384 e. The van der Waals surface area contributed by atoms with Gasteiger partial charge in [-0.15, -0.1) is 6.42 Å². The molecular weight excluding hydrogens is 234 g/mol. The number of terminal acetylenes is 1. The molecule has 0 aromatic carbocycles. The standard InChI is InChI=1S/C16H21N3/c1-2-3-19-9-18-15(16(19)17)14-12-5-10-4-11(7-12)8-13(14)6-10/h1,9-14H,3-8,17H2. The third-order valence-corrected chi connectivity index (χ3v) is 5.71. The maximum Gasteiger partial charge on any atom is 0.127 e. The average molecular weight is 255 g/mol. The molecule has 4 aliphatic carbocycles. The molecule has 1 heterocycles. The van der Waals surface area contributed by atoms with Crippen LogP contribution >= 0.6 is 0 Å². The molecule has 0 saturated heterocycles. The highest BCUT2D eigenvalue weighted by atomic mass is 15.1. The predicted molar refractivity (Wildman–Crippen MR) is 75.3 cm³/mol. The first-order valence-electron chi connectivity index (χ1n) is 7.50. The average Bonchev–Trinajstić information content (AvgIpc) is 2.71. The number of nitrogens with two attached hydrogens (primary N) is 1. The molecule has 5 rings (SSSR count). The second-order valence-corrected chi connectivity index (χ2v) is 6.80. The van der Waals surface area contributed by atoms with E-state index in [1.165, 1.54) is 32.1 Å². The second kappa shape index (κ2) is 4.03. The van der Waals surface area contributed by atoms with Crippen LogP contribution < -0.4 is 5.73 Å². The Kier molecular flexibility index (Phi) is 2.42. The van der Waals surface area contributed by atoms with Gasteiger partial charge in [-0.3, -0.25) is 0 Å². The van der Waals surface area contributed by atoms with Gasteiger partial charge in [0.2, 0.25) is 0 Å². The molecule has 0 aliphatic heterocycles. The normalized spacial score (nSPS) is 39.4. The van der Waals surface area contributed by atoms with Gasteiger partial charge in [0.15, 0.2) is 0 Å². The zero-order valence-corrected chi connectivity index (χ0v) is 11.3. The van der Waals surface area contributed by atoms with E-state index in [-0.39, 0.29) is 0 Å². The summed E-state index contributed by atoms with van der Waals surface area (Å²) in [6.07, 6.45) is 14.3. The molecule has 3 nitrogen and oxygen atoms in total. The van der Waals surface area contributed by atoms with Gasteiger partial charge in [0.25, 0.3) is 0 Å². The van der Waals surface area contributed by atoms with Gasteiger partial charge in [0, 0.05) is 5.92 Å². The Hall–Kier alpha value is -1.43. The number of rotatable bonds is 2. The van der Waals surface area contributed by atoms with Crippen LogP contribution in [-0.2, 0) is 6.54 Å². The van der Waals surface area contributed by atoms with Gasteiger partial charge >= 0.3 is 0 Å². The molecule has 0 atom stereocenters. The molecule has 1 aromatic rings. The summed E-state index contributed by atoms with van der Waals surface area (Å²) in [4.78, 5) is 4.62. The largest absolute Gasteiger partial charge is 0.384 e. The Balaban J connectivity index is 1.68. The molecule has 4 bridgehead atoms. The molecule has 3 heteroatoms. The van der Waals surface area contributed by atoms with E-state index in [0.717, 1.165) is 35.2 Å². The number of hydrogen-bond donors (Lipinski definition) is 1. The highest BCUT2D eigenvalue weighted by Gasteiger charge is 2.49. The Morgan fingerprint density at radius 1 is 1.21 bits per heavy atom. The molecular formula is C16H21N3. The molecule has 0 spiro atoms. The molecule has 1 aromatic heterocycles. The van der Waals surface area contributed by atoms with Crippen LogP contribution in [0.1, 0.15) is 43.7 Å². The molecule has 2 N–H and O–H groups in total. The fourth-order valence-corrected chi connectivity index (χ4v) is 5.26. The van der Waals surface area contributed by atoms with Crippen molar-refractivity contribution in [2.24, 2.45) is 23.7 Å². The van der Waals surface area contributed by atoms with Gasteiger partial charge in [0.05, 0.1) is 18.6 Å². The van der Waals surface area contributed by atoms with Gasteiger partial charge < -0.3 is 10.3 Å². The second-order valence-electron chi connectivity index (χ2n) is 6.80. The Bertz CT molecular complexity index is 509. The summed E-state index contributed by atoms with van der Waals surface area (Å²) in [5.41, 5.74) is 7.42. The van der Waals surface area contributed by atoms with Crippen molar-refractivity contribution in [3.63, 3.8) is 0 Å². The van der Waals surface area contributed by atoms with Gasteiger partial charge in [0.1, 0.15) is 5.82 Å². The van der Waals surface area contributed by atoms with Gasteiger partial charge in [-0.25, -0.2) is 4.98 Å². The van der Waals surface area contributed by atoms with Crippen molar-refractivity contribution in [2.75, 3.05) is 5.73 Å². The molecule has 4 saturated carbocycles. The molecule has 100 valence electrons. The zero-order chi connectivity index (χ0) is 13.0. The molecule has 0 amide bonds. The molecule has 0 unspecified atom stereocenters. The van der Waals surface area contributed by atoms with Crippen LogP contribution in [0, 0.1) is 36.0 Å². The maximum absolute atomic E-state index is 6.27. The van der Waals surface area contributed by atoms with E-state index in [2.05, 4.69) is 10.9 Å². The lowest BCUT2D eigenvalue weighted by Crippen LogP contribution is -2.44. The van der Waals surface area contributed by atoms with Crippen molar-refractivity contribution < 1.29 is 0 Å². The third kappa shape index (κ3) is 1.62. The van der Waals surface area contributed by atoms with Gasteiger partial charge in [-0.05, 0) is 55.8 Å². The van der Waals surface area contributed by atoms with Crippen LogP contribution in [0.5, 0.6) is 0 Å². The first-order valence-corrected chi connectivity index (χ1v) is 7.50. The topological polar surface area (TPSA) is 43.8 Å². The SMILES string of the molecule is C#CCn1cnc(C2C3CC4CC(C3)CC2C4)c1N. The van der Waals surface area contributed by atoms with Crippen LogP contribution in [0.4, 0.5) is 5.82 Å². The van der Waals surface area contributed by atoms with Crippen molar-refractivity contribution >= 4 is 5.82 Å². The van der Waals surface area contributed by atoms with Crippen LogP contribution in [0.3, 0.4) is 0 Å². The van der Waals surface area contributed by atoms with E-state index in [1.807, 2.05) is 10.9 Å². The van der Waals surface area contributed by atoms with E-state index in [4.69, 9.17) is 12.2 Å². The fourth-order valence-electron chi connectivity index (χ4n) is 5.26. The number of nitrogens with zero attached hydrogens (tertiary/aromatic N) is 2. The van der Waals surface area contributed by atoms with E-state index < -0.39 is 0 Å². The lowest BCUT2D eigenvalue weighted by molar-refractivity contribution is -0.00379. The predicted octanol–water partition coefficient (Wildman–Crippen LogP) is 2.64. The van der Waals surface area contributed by atoms with Crippen LogP contribution in [0.2, 0.25) is 0 Å². The summed E-state index contributed by atoms with van der Waals surface area (Å²) in [5.74, 6) is 7.71. The lowest BCUT2D eigenvalue weighted by Gasteiger charge is -2.54. The number of hydrogen-bond acceptors (Lipinski definition) is 2. The van der Waals surface area contributed by atoms with Crippen molar-refractivity contribution in [3.8, 4) is 12.3 Å². The van der Waals surface area contributed by atoms with E-state index >= 15 is 0 Å². The number of nitrogen functional groups attached to an aromatic ring is 1. The van der Waals surface area contributed by atoms with Gasteiger partial charge in [-0.2, -0.15) is 0 Å². The van der Waals surface area contributed by atoms with Gasteiger partial charge in [-0.1, -0.05) is 5.92 Å². The van der Waals surface area contributed by atoms with E-state index in [9.17, 15) is 0 Å². The van der Waals surface area contributed by atoms with E-state index in [1.54, 1.807) is 0 Å². The summed E-state index contributed by atoms with van der Waals surface area (Å²) in [6, 6.07) is 0. The van der Waals surface area contributed by atoms with Crippen molar-refractivity contribution in [1.82, 2.24) is 9.55 Å². The summed E-state index contributed by atoms with van der Waals surface area (Å²) < 4.78 is 1.92. The van der Waals surface area contributed by atoms with Crippen LogP contribution in [0.25, 0.3) is 0 Å².